The van der Waals surface area contributed by atoms with Crippen molar-refractivity contribution < 1.29 is 0 Å². The lowest BCUT2D eigenvalue weighted by atomic mass is 10.2. The van der Waals surface area contributed by atoms with Crippen LogP contribution < -0.4 is 5.32 Å². The van der Waals surface area contributed by atoms with Gasteiger partial charge >= 0.3 is 0 Å². The van der Waals surface area contributed by atoms with Crippen LogP contribution in [0, 0.1) is 6.92 Å². The molecule has 0 saturated heterocycles. The molecule has 0 saturated carbocycles. The van der Waals surface area contributed by atoms with Crippen LogP contribution in [0.1, 0.15) is 24.1 Å². The molecular weight excluding hydrogens is 242 g/mol. The van der Waals surface area contributed by atoms with Crippen LogP contribution in [-0.4, -0.2) is 9.97 Å². The standard InChI is InChI=1S/C11H12ClN3S/c1-7-5-13-11(12)15-10(7)14-8(2)9-3-4-16-6-9/h3-6,8H,1-2H3,(H,13,14,15). The van der Waals surface area contributed by atoms with Crippen molar-refractivity contribution in [2.45, 2.75) is 19.9 Å². The molecule has 0 fully saturated rings. The normalized spacial score (nSPS) is 12.4. The van der Waals surface area contributed by atoms with Gasteiger partial charge in [-0.05, 0) is 47.8 Å². The van der Waals surface area contributed by atoms with E-state index < -0.39 is 0 Å². The highest BCUT2D eigenvalue weighted by Crippen LogP contribution is 2.22. The molecule has 5 heteroatoms. The molecule has 2 heterocycles. The van der Waals surface area contributed by atoms with Crippen molar-refractivity contribution in [1.82, 2.24) is 9.97 Å². The third-order valence-electron chi connectivity index (χ3n) is 2.34. The third-order valence-corrected chi connectivity index (χ3v) is 3.22. The zero-order chi connectivity index (χ0) is 11.5. The van der Waals surface area contributed by atoms with Gasteiger partial charge in [-0.1, -0.05) is 0 Å². The first kappa shape index (κ1) is 11.4. The van der Waals surface area contributed by atoms with Crippen molar-refractivity contribution in [2.24, 2.45) is 0 Å². The second-order valence-electron chi connectivity index (χ2n) is 3.59. The summed E-state index contributed by atoms with van der Waals surface area (Å²) in [6.45, 7) is 4.05. The fraction of sp³-hybridized carbons (Fsp3) is 0.273. The maximum atomic E-state index is 5.77. The van der Waals surface area contributed by atoms with Gasteiger partial charge in [-0.3, -0.25) is 0 Å². The number of hydrogen-bond donors (Lipinski definition) is 1. The minimum absolute atomic E-state index is 0.218. The number of nitrogens with zero attached hydrogens (tertiary/aromatic N) is 2. The molecule has 1 unspecified atom stereocenters. The molecule has 2 aromatic rings. The van der Waals surface area contributed by atoms with Gasteiger partial charge in [-0.2, -0.15) is 11.3 Å². The molecule has 16 heavy (non-hydrogen) atoms. The summed E-state index contributed by atoms with van der Waals surface area (Å²) >= 11 is 7.45. The zero-order valence-corrected chi connectivity index (χ0v) is 10.6. The Hall–Kier alpha value is -1.13. The van der Waals surface area contributed by atoms with E-state index in [-0.39, 0.29) is 11.3 Å². The lowest BCUT2D eigenvalue weighted by Gasteiger charge is -2.14. The SMILES string of the molecule is Cc1cnc(Cl)nc1NC(C)c1ccsc1. The van der Waals surface area contributed by atoms with Crippen molar-refractivity contribution in [2.75, 3.05) is 5.32 Å². The van der Waals surface area contributed by atoms with Gasteiger partial charge in [0.25, 0.3) is 0 Å². The van der Waals surface area contributed by atoms with E-state index in [0.29, 0.717) is 0 Å². The summed E-state index contributed by atoms with van der Waals surface area (Å²) in [4.78, 5) is 8.09. The van der Waals surface area contributed by atoms with Crippen molar-refractivity contribution in [1.29, 1.82) is 0 Å². The van der Waals surface area contributed by atoms with E-state index in [1.54, 1.807) is 17.5 Å². The van der Waals surface area contributed by atoms with E-state index >= 15 is 0 Å². The van der Waals surface area contributed by atoms with E-state index in [9.17, 15) is 0 Å². The van der Waals surface area contributed by atoms with Crippen LogP contribution in [0.2, 0.25) is 5.28 Å². The minimum Gasteiger partial charge on any atom is -0.363 e. The summed E-state index contributed by atoms with van der Waals surface area (Å²) < 4.78 is 0. The molecule has 84 valence electrons. The summed E-state index contributed by atoms with van der Waals surface area (Å²) in [7, 11) is 0. The average molecular weight is 254 g/mol. The lowest BCUT2D eigenvalue weighted by molar-refractivity contribution is 0.873. The number of halogens is 1. The van der Waals surface area contributed by atoms with Crippen LogP contribution in [-0.2, 0) is 0 Å². The molecule has 0 spiro atoms. The van der Waals surface area contributed by atoms with Gasteiger partial charge in [0, 0.05) is 11.8 Å². The maximum Gasteiger partial charge on any atom is 0.224 e. The smallest absolute Gasteiger partial charge is 0.224 e. The Kier molecular flexibility index (Phi) is 3.41. The van der Waals surface area contributed by atoms with E-state index in [0.717, 1.165) is 11.4 Å². The summed E-state index contributed by atoms with van der Waals surface area (Å²) in [6.07, 6.45) is 1.72. The van der Waals surface area contributed by atoms with Gasteiger partial charge < -0.3 is 5.32 Å². The van der Waals surface area contributed by atoms with Gasteiger partial charge in [0.05, 0.1) is 6.04 Å². The van der Waals surface area contributed by atoms with Crippen LogP contribution in [0.4, 0.5) is 5.82 Å². The van der Waals surface area contributed by atoms with E-state index in [2.05, 4.69) is 39.0 Å². The van der Waals surface area contributed by atoms with Gasteiger partial charge in [0.15, 0.2) is 0 Å². The molecule has 0 amide bonds. The first-order chi connectivity index (χ1) is 7.66. The molecule has 1 N–H and O–H groups in total. The van der Waals surface area contributed by atoms with Gasteiger partial charge in [0.2, 0.25) is 5.28 Å². The number of anilines is 1. The summed E-state index contributed by atoms with van der Waals surface area (Å²) in [5, 5.41) is 7.78. The summed E-state index contributed by atoms with van der Waals surface area (Å²) in [5.74, 6) is 0.790. The molecule has 2 aromatic heterocycles. The molecular formula is C11H12ClN3S. The third kappa shape index (κ3) is 2.51. The fourth-order valence-electron chi connectivity index (χ4n) is 1.38. The molecule has 0 aliphatic carbocycles. The minimum atomic E-state index is 0.218. The quantitative estimate of drug-likeness (QED) is 0.848. The number of aryl methyl sites for hydroxylation is 1. The number of aromatic nitrogens is 2. The predicted octanol–water partition coefficient (Wildman–Crippen LogP) is 3.67. The lowest BCUT2D eigenvalue weighted by Crippen LogP contribution is -2.08. The largest absolute Gasteiger partial charge is 0.363 e. The molecule has 0 radical (unpaired) electrons. The van der Waals surface area contributed by atoms with Crippen molar-refractivity contribution in [3.8, 4) is 0 Å². The molecule has 1 atom stereocenters. The van der Waals surface area contributed by atoms with Crippen LogP contribution in [0.5, 0.6) is 0 Å². The number of thiophene rings is 1. The van der Waals surface area contributed by atoms with Crippen molar-refractivity contribution >= 4 is 28.8 Å². The Balaban J connectivity index is 2.17. The first-order valence-electron chi connectivity index (χ1n) is 4.94. The van der Waals surface area contributed by atoms with Crippen LogP contribution >= 0.6 is 22.9 Å². The van der Waals surface area contributed by atoms with Crippen molar-refractivity contribution in [3.05, 3.63) is 39.4 Å². The molecule has 3 nitrogen and oxygen atoms in total. The molecule has 0 bridgehead atoms. The van der Waals surface area contributed by atoms with Gasteiger partial charge in [-0.25, -0.2) is 9.97 Å². The maximum absolute atomic E-state index is 5.77. The highest BCUT2D eigenvalue weighted by molar-refractivity contribution is 7.07. The van der Waals surface area contributed by atoms with Gasteiger partial charge in [0.1, 0.15) is 5.82 Å². The topological polar surface area (TPSA) is 37.8 Å². The molecule has 0 aromatic carbocycles. The highest BCUT2D eigenvalue weighted by Gasteiger charge is 2.08. The van der Waals surface area contributed by atoms with Gasteiger partial charge in [-0.15, -0.1) is 0 Å². The van der Waals surface area contributed by atoms with E-state index in [1.807, 2.05) is 6.92 Å². The second-order valence-corrected chi connectivity index (χ2v) is 4.71. The Morgan fingerprint density at radius 3 is 3.00 bits per heavy atom. The zero-order valence-electron chi connectivity index (χ0n) is 9.07. The van der Waals surface area contributed by atoms with Crippen molar-refractivity contribution in [3.63, 3.8) is 0 Å². The Bertz CT molecular complexity index is 470. The monoisotopic (exact) mass is 253 g/mol. The number of nitrogens with one attached hydrogen (secondary N) is 1. The van der Waals surface area contributed by atoms with Crippen LogP contribution in [0.15, 0.2) is 23.0 Å². The van der Waals surface area contributed by atoms with E-state index in [1.165, 1.54) is 5.56 Å². The predicted molar refractivity (Wildman–Crippen MR) is 68.1 cm³/mol. The highest BCUT2D eigenvalue weighted by atomic mass is 35.5. The Morgan fingerprint density at radius 1 is 1.50 bits per heavy atom. The Labute approximate surface area is 104 Å². The number of rotatable bonds is 3. The Morgan fingerprint density at radius 2 is 2.31 bits per heavy atom. The summed E-state index contributed by atoms with van der Waals surface area (Å²) in [6, 6.07) is 2.32. The fourth-order valence-corrected chi connectivity index (χ4v) is 2.26. The molecule has 2 rings (SSSR count). The number of hydrogen-bond acceptors (Lipinski definition) is 4. The summed E-state index contributed by atoms with van der Waals surface area (Å²) in [5.41, 5.74) is 2.24. The molecule has 0 aliphatic heterocycles. The van der Waals surface area contributed by atoms with Crippen LogP contribution in [0.25, 0.3) is 0 Å². The van der Waals surface area contributed by atoms with Crippen LogP contribution in [0.3, 0.4) is 0 Å². The van der Waals surface area contributed by atoms with E-state index in [4.69, 9.17) is 11.6 Å². The average Bonchev–Trinajstić information content (AvgIpc) is 2.76. The first-order valence-corrected chi connectivity index (χ1v) is 6.26. The molecule has 0 aliphatic rings. The second kappa shape index (κ2) is 4.80.